The Morgan fingerprint density at radius 3 is 1.22 bits per heavy atom. The van der Waals surface area contributed by atoms with Crippen molar-refractivity contribution < 1.29 is 0 Å². The second kappa shape index (κ2) is 8.69. The highest BCUT2D eigenvalue weighted by atomic mass is 14.2. The lowest BCUT2D eigenvalue weighted by molar-refractivity contribution is 0.965. The van der Waals surface area contributed by atoms with Gasteiger partial charge in [0, 0.05) is 0 Å². The summed E-state index contributed by atoms with van der Waals surface area (Å²) in [6.07, 6.45) is 6.55. The van der Waals surface area contributed by atoms with Gasteiger partial charge in [-0.1, -0.05) is 122 Å². The molecule has 0 heteroatoms. The Hall–Kier alpha value is -3.90. The fourth-order valence-electron chi connectivity index (χ4n) is 4.64. The first-order valence-electron chi connectivity index (χ1n) is 11.1. The third-order valence-electron chi connectivity index (χ3n) is 6.36. The Bertz CT molecular complexity index is 1250. The summed E-state index contributed by atoms with van der Waals surface area (Å²) >= 11 is 0. The maximum absolute atomic E-state index is 4.26. The van der Waals surface area contributed by atoms with Gasteiger partial charge in [0.15, 0.2) is 0 Å². The smallest absolute Gasteiger partial charge is 0.0111 e. The van der Waals surface area contributed by atoms with Crippen LogP contribution in [0.4, 0.5) is 0 Å². The monoisotopic (exact) mass is 410 g/mol. The van der Waals surface area contributed by atoms with Crippen molar-refractivity contribution in [3.05, 3.63) is 155 Å². The maximum atomic E-state index is 4.26. The summed E-state index contributed by atoms with van der Waals surface area (Å²) in [5, 5.41) is 0. The minimum Gasteiger partial charge on any atom is -0.0905 e. The number of hydrogen-bond acceptors (Lipinski definition) is 0. The van der Waals surface area contributed by atoms with E-state index >= 15 is 0 Å². The van der Waals surface area contributed by atoms with Crippen LogP contribution in [0.5, 0.6) is 0 Å². The van der Waals surface area contributed by atoms with Crippen LogP contribution in [-0.4, -0.2) is 0 Å². The zero-order valence-electron chi connectivity index (χ0n) is 18.2. The quantitative estimate of drug-likeness (QED) is 0.242. The molecule has 0 atom stereocenters. The lowest BCUT2D eigenvalue weighted by Crippen LogP contribution is -1.90. The zero-order chi connectivity index (χ0) is 21.9. The number of fused-ring (bicyclic) bond motifs is 4. The molecule has 0 aromatic heterocycles. The molecule has 0 N–H and O–H groups in total. The molecule has 32 heavy (non-hydrogen) atoms. The molecule has 0 nitrogen and oxygen atoms in total. The molecule has 0 fully saturated rings. The van der Waals surface area contributed by atoms with Crippen molar-refractivity contribution >= 4 is 23.3 Å². The summed E-state index contributed by atoms with van der Waals surface area (Å²) in [6, 6.07) is 34.0. The molecule has 0 radical (unpaired) electrons. The molecule has 0 aliphatic heterocycles. The summed E-state index contributed by atoms with van der Waals surface area (Å²) in [5.41, 5.74) is 12.7. The second-order valence-corrected chi connectivity index (χ2v) is 8.28. The fourth-order valence-corrected chi connectivity index (χ4v) is 4.64. The van der Waals surface area contributed by atoms with Crippen molar-refractivity contribution in [2.45, 2.75) is 12.8 Å². The van der Waals surface area contributed by atoms with E-state index in [2.05, 4.69) is 122 Å². The van der Waals surface area contributed by atoms with E-state index in [1.807, 2.05) is 0 Å². The molecule has 0 unspecified atom stereocenters. The minimum absolute atomic E-state index is 1.11. The van der Waals surface area contributed by atoms with Crippen LogP contribution in [0, 0.1) is 0 Å². The second-order valence-electron chi connectivity index (χ2n) is 8.28. The van der Waals surface area contributed by atoms with Gasteiger partial charge >= 0.3 is 0 Å². The summed E-state index contributed by atoms with van der Waals surface area (Å²) in [4.78, 5) is 0. The summed E-state index contributed by atoms with van der Waals surface area (Å²) in [6.45, 7) is 8.47. The molecule has 2 aliphatic rings. The van der Waals surface area contributed by atoms with Gasteiger partial charge in [0.25, 0.3) is 0 Å². The van der Waals surface area contributed by atoms with E-state index in [0.717, 1.165) is 18.4 Å². The lowest BCUT2D eigenvalue weighted by atomic mass is 9.95. The SMILES string of the molecule is C=C1c2ccccc2C=Cc2ccccc21.C=C1c2ccccc2CCc2ccccc21. The third-order valence-corrected chi connectivity index (χ3v) is 6.36. The molecule has 0 heterocycles. The van der Waals surface area contributed by atoms with Crippen molar-refractivity contribution in [1.29, 1.82) is 0 Å². The van der Waals surface area contributed by atoms with Crippen molar-refractivity contribution in [3.63, 3.8) is 0 Å². The normalized spacial score (nSPS) is 13.4. The third kappa shape index (κ3) is 3.76. The Balaban J connectivity index is 0.000000135. The molecular formula is C32H26. The minimum atomic E-state index is 1.11. The first-order valence-corrected chi connectivity index (χ1v) is 11.1. The van der Waals surface area contributed by atoms with Crippen LogP contribution in [0.15, 0.2) is 110 Å². The number of rotatable bonds is 0. The van der Waals surface area contributed by atoms with Gasteiger partial charge in [-0.3, -0.25) is 0 Å². The van der Waals surface area contributed by atoms with E-state index < -0.39 is 0 Å². The van der Waals surface area contributed by atoms with Crippen LogP contribution < -0.4 is 0 Å². The van der Waals surface area contributed by atoms with E-state index in [1.165, 1.54) is 50.1 Å². The maximum Gasteiger partial charge on any atom is -0.0111 e. The predicted octanol–water partition coefficient (Wildman–Crippen LogP) is 8.08. The van der Waals surface area contributed by atoms with Gasteiger partial charge in [-0.05, 0) is 68.5 Å². The molecule has 2 aliphatic carbocycles. The molecule has 154 valence electrons. The highest BCUT2D eigenvalue weighted by Gasteiger charge is 2.15. The van der Waals surface area contributed by atoms with Crippen LogP contribution >= 0.6 is 0 Å². The fraction of sp³-hybridized carbons (Fsp3) is 0.0625. The molecular weight excluding hydrogens is 384 g/mol. The van der Waals surface area contributed by atoms with Crippen LogP contribution in [0.25, 0.3) is 23.3 Å². The van der Waals surface area contributed by atoms with E-state index in [9.17, 15) is 0 Å². The van der Waals surface area contributed by atoms with Crippen LogP contribution in [0.1, 0.15) is 44.5 Å². The average molecular weight is 411 g/mol. The number of benzene rings is 4. The highest BCUT2D eigenvalue weighted by molar-refractivity contribution is 5.92. The van der Waals surface area contributed by atoms with Crippen LogP contribution in [-0.2, 0) is 12.8 Å². The molecule has 0 saturated heterocycles. The van der Waals surface area contributed by atoms with Crippen LogP contribution in [0.3, 0.4) is 0 Å². The molecule has 0 spiro atoms. The van der Waals surface area contributed by atoms with Crippen molar-refractivity contribution in [2.24, 2.45) is 0 Å². The van der Waals surface area contributed by atoms with Gasteiger partial charge in [-0.15, -0.1) is 0 Å². The summed E-state index contributed by atoms with van der Waals surface area (Å²) in [7, 11) is 0. The number of hydrogen-bond donors (Lipinski definition) is 0. The molecule has 4 aromatic carbocycles. The van der Waals surface area contributed by atoms with Gasteiger partial charge in [0.05, 0.1) is 0 Å². The standard InChI is InChI=1S/C16H14.C16H12/c2*1-12-15-8-4-2-6-13(15)10-11-14-7-3-5-9-16(12)14/h2-9H,1,10-11H2;2-11H,1H2. The van der Waals surface area contributed by atoms with Crippen molar-refractivity contribution in [1.82, 2.24) is 0 Å². The number of aryl methyl sites for hydroxylation is 2. The summed E-state index contributed by atoms with van der Waals surface area (Å²) < 4.78 is 0. The van der Waals surface area contributed by atoms with Crippen molar-refractivity contribution in [2.75, 3.05) is 0 Å². The lowest BCUT2D eigenvalue weighted by Gasteiger charge is -2.09. The molecule has 0 amide bonds. The van der Waals surface area contributed by atoms with E-state index in [4.69, 9.17) is 0 Å². The van der Waals surface area contributed by atoms with E-state index in [-0.39, 0.29) is 0 Å². The Kier molecular flexibility index (Phi) is 5.44. The molecule has 0 bridgehead atoms. The van der Waals surface area contributed by atoms with Gasteiger partial charge in [0.1, 0.15) is 0 Å². The summed E-state index contributed by atoms with van der Waals surface area (Å²) in [5.74, 6) is 0. The zero-order valence-corrected chi connectivity index (χ0v) is 18.2. The molecule has 6 rings (SSSR count). The molecule has 0 saturated carbocycles. The Morgan fingerprint density at radius 1 is 0.406 bits per heavy atom. The van der Waals surface area contributed by atoms with Gasteiger partial charge < -0.3 is 0 Å². The van der Waals surface area contributed by atoms with Gasteiger partial charge in [-0.25, -0.2) is 0 Å². The highest BCUT2D eigenvalue weighted by Crippen LogP contribution is 2.33. The Morgan fingerprint density at radius 2 is 0.750 bits per heavy atom. The largest absolute Gasteiger partial charge is 0.0905 e. The topological polar surface area (TPSA) is 0 Å². The van der Waals surface area contributed by atoms with Gasteiger partial charge in [0.2, 0.25) is 0 Å². The first-order chi connectivity index (χ1) is 15.7. The molecule has 4 aromatic rings. The predicted molar refractivity (Wildman–Crippen MR) is 138 cm³/mol. The van der Waals surface area contributed by atoms with E-state index in [0.29, 0.717) is 0 Å². The van der Waals surface area contributed by atoms with E-state index in [1.54, 1.807) is 0 Å². The average Bonchev–Trinajstić information content (AvgIpc) is 3.09. The first kappa shape index (κ1) is 20.0. The van der Waals surface area contributed by atoms with Gasteiger partial charge in [-0.2, -0.15) is 0 Å². The van der Waals surface area contributed by atoms with Crippen molar-refractivity contribution in [3.8, 4) is 0 Å². The van der Waals surface area contributed by atoms with Crippen LogP contribution in [0.2, 0.25) is 0 Å². The Labute approximate surface area is 190 Å².